The van der Waals surface area contributed by atoms with Gasteiger partial charge in [0.25, 0.3) is 0 Å². The molecule has 0 unspecified atom stereocenters. The summed E-state index contributed by atoms with van der Waals surface area (Å²) in [7, 11) is 0. The average Bonchev–Trinajstić information content (AvgIpc) is 3.02. The number of esters is 1. The third-order valence-electron chi connectivity index (χ3n) is 2.50. The van der Waals surface area contributed by atoms with Crippen molar-refractivity contribution in [3.05, 3.63) is 40.8 Å². The van der Waals surface area contributed by atoms with Crippen molar-refractivity contribution < 1.29 is 9.53 Å². The van der Waals surface area contributed by atoms with Gasteiger partial charge in [0.2, 0.25) is 5.82 Å². The zero-order chi connectivity index (χ0) is 15.9. The Morgan fingerprint density at radius 1 is 1.55 bits per heavy atom. The van der Waals surface area contributed by atoms with Crippen molar-refractivity contribution in [2.45, 2.75) is 6.92 Å². The van der Waals surface area contributed by atoms with Gasteiger partial charge in [-0.05, 0) is 30.3 Å². The maximum atomic E-state index is 11.7. The molecule has 0 aliphatic heterocycles. The topological polar surface area (TPSA) is 117 Å². The van der Waals surface area contributed by atoms with E-state index in [0.717, 1.165) is 0 Å². The standard InChI is InChI=1S/C13H11ClN6O2/c1-2-22-13(21)8-3-10(14)5-11(4-8)16-7-9(6-15)12-17-19-20-18-12/h3-5,7,16H,2H2,1H3,(H,17,18,19,20). The van der Waals surface area contributed by atoms with E-state index in [0.29, 0.717) is 16.3 Å². The Labute approximate surface area is 130 Å². The van der Waals surface area contributed by atoms with E-state index in [4.69, 9.17) is 21.6 Å². The molecule has 0 aliphatic carbocycles. The lowest BCUT2D eigenvalue weighted by Crippen LogP contribution is -2.05. The van der Waals surface area contributed by atoms with Crippen molar-refractivity contribution in [1.82, 2.24) is 20.6 Å². The quantitative estimate of drug-likeness (QED) is 0.639. The van der Waals surface area contributed by atoms with Gasteiger partial charge < -0.3 is 10.1 Å². The van der Waals surface area contributed by atoms with Crippen molar-refractivity contribution in [3.63, 3.8) is 0 Å². The molecule has 0 atom stereocenters. The number of aromatic nitrogens is 4. The summed E-state index contributed by atoms with van der Waals surface area (Å²) in [5, 5.41) is 25.3. The number of benzene rings is 1. The van der Waals surface area contributed by atoms with E-state index in [1.165, 1.54) is 12.3 Å². The molecule has 1 aromatic heterocycles. The molecule has 2 aromatic rings. The Morgan fingerprint density at radius 3 is 3.00 bits per heavy atom. The summed E-state index contributed by atoms with van der Waals surface area (Å²) in [5.41, 5.74) is 1.00. The number of ether oxygens (including phenoxy) is 1. The molecule has 9 heteroatoms. The summed E-state index contributed by atoms with van der Waals surface area (Å²) >= 11 is 5.97. The number of aromatic amines is 1. The number of H-pyrrole nitrogens is 1. The Hall–Kier alpha value is -2.92. The zero-order valence-corrected chi connectivity index (χ0v) is 12.3. The minimum absolute atomic E-state index is 0.155. The molecule has 0 saturated heterocycles. The molecule has 0 bridgehead atoms. The molecule has 8 nitrogen and oxygen atoms in total. The largest absolute Gasteiger partial charge is 0.462 e. The summed E-state index contributed by atoms with van der Waals surface area (Å²) < 4.78 is 4.92. The lowest BCUT2D eigenvalue weighted by molar-refractivity contribution is 0.0526. The molecule has 2 N–H and O–H groups in total. The Balaban J connectivity index is 2.23. The second-order valence-electron chi connectivity index (χ2n) is 4.00. The van der Waals surface area contributed by atoms with Crippen LogP contribution in [-0.2, 0) is 4.74 Å². The van der Waals surface area contributed by atoms with Gasteiger partial charge in [-0.25, -0.2) is 4.79 Å². The predicted octanol–water partition coefficient (Wildman–Crippen LogP) is 2.01. The molecule has 0 amide bonds. The second-order valence-corrected chi connectivity index (χ2v) is 4.44. The van der Waals surface area contributed by atoms with Gasteiger partial charge in [-0.15, -0.1) is 10.2 Å². The smallest absolute Gasteiger partial charge is 0.338 e. The predicted molar refractivity (Wildman–Crippen MR) is 78.8 cm³/mol. The van der Waals surface area contributed by atoms with E-state index >= 15 is 0 Å². The zero-order valence-electron chi connectivity index (χ0n) is 11.5. The first-order valence-electron chi connectivity index (χ1n) is 6.22. The number of allylic oxidation sites excluding steroid dienone is 1. The summed E-state index contributed by atoms with van der Waals surface area (Å²) in [6.45, 7) is 1.98. The summed E-state index contributed by atoms with van der Waals surface area (Å²) in [6, 6.07) is 6.60. The van der Waals surface area contributed by atoms with Crippen molar-refractivity contribution in [3.8, 4) is 6.07 Å². The highest BCUT2D eigenvalue weighted by molar-refractivity contribution is 6.31. The number of hydrogen-bond acceptors (Lipinski definition) is 7. The molecule has 1 heterocycles. The van der Waals surface area contributed by atoms with E-state index in [2.05, 4.69) is 25.9 Å². The van der Waals surface area contributed by atoms with Crippen LogP contribution in [0.5, 0.6) is 0 Å². The maximum absolute atomic E-state index is 11.7. The van der Waals surface area contributed by atoms with E-state index < -0.39 is 5.97 Å². The van der Waals surface area contributed by atoms with Crippen LogP contribution in [0.1, 0.15) is 23.1 Å². The van der Waals surface area contributed by atoms with Gasteiger partial charge in [-0.1, -0.05) is 11.6 Å². The lowest BCUT2D eigenvalue weighted by Gasteiger charge is -2.06. The van der Waals surface area contributed by atoms with Crippen molar-refractivity contribution in [2.75, 3.05) is 11.9 Å². The summed E-state index contributed by atoms with van der Waals surface area (Å²) in [4.78, 5) is 11.7. The van der Waals surface area contributed by atoms with Crippen LogP contribution in [0.2, 0.25) is 5.02 Å². The van der Waals surface area contributed by atoms with Gasteiger partial charge in [0.05, 0.1) is 12.2 Å². The fraction of sp³-hybridized carbons (Fsp3) is 0.154. The van der Waals surface area contributed by atoms with Gasteiger partial charge in [0.15, 0.2) is 0 Å². The maximum Gasteiger partial charge on any atom is 0.338 e. The number of anilines is 1. The monoisotopic (exact) mass is 318 g/mol. The third kappa shape index (κ3) is 3.80. The van der Waals surface area contributed by atoms with Gasteiger partial charge in [-0.3, -0.25) is 0 Å². The van der Waals surface area contributed by atoms with Crippen LogP contribution in [0.15, 0.2) is 24.4 Å². The van der Waals surface area contributed by atoms with E-state index in [9.17, 15) is 4.79 Å². The fourth-order valence-corrected chi connectivity index (χ4v) is 1.82. The van der Waals surface area contributed by atoms with Gasteiger partial charge in [0.1, 0.15) is 11.6 Å². The molecule has 1 aromatic carbocycles. The lowest BCUT2D eigenvalue weighted by atomic mass is 10.2. The molecular weight excluding hydrogens is 308 g/mol. The van der Waals surface area contributed by atoms with Crippen molar-refractivity contribution in [2.24, 2.45) is 0 Å². The van der Waals surface area contributed by atoms with Gasteiger partial charge in [-0.2, -0.15) is 10.5 Å². The van der Waals surface area contributed by atoms with Crippen molar-refractivity contribution in [1.29, 1.82) is 5.26 Å². The number of carbonyl (C=O) groups excluding carboxylic acids is 1. The first-order valence-corrected chi connectivity index (χ1v) is 6.60. The van der Waals surface area contributed by atoms with Crippen LogP contribution in [0.25, 0.3) is 5.57 Å². The highest BCUT2D eigenvalue weighted by atomic mass is 35.5. The van der Waals surface area contributed by atoms with E-state index in [1.807, 2.05) is 6.07 Å². The molecule has 0 spiro atoms. The van der Waals surface area contributed by atoms with Crippen LogP contribution in [0, 0.1) is 11.3 Å². The number of halogens is 1. The molecule has 22 heavy (non-hydrogen) atoms. The van der Waals surface area contributed by atoms with Gasteiger partial charge >= 0.3 is 5.97 Å². The molecule has 0 fully saturated rings. The van der Waals surface area contributed by atoms with Crippen LogP contribution in [0.4, 0.5) is 5.69 Å². The molecule has 2 rings (SSSR count). The second kappa shape index (κ2) is 7.19. The molecular formula is C13H11ClN6O2. The first kappa shape index (κ1) is 15.5. The number of rotatable bonds is 5. The Morgan fingerprint density at radius 2 is 2.36 bits per heavy atom. The molecule has 0 radical (unpaired) electrons. The van der Waals surface area contributed by atoms with Gasteiger partial charge in [0, 0.05) is 16.9 Å². The first-order chi connectivity index (χ1) is 10.6. The van der Waals surface area contributed by atoms with Crippen LogP contribution in [0.3, 0.4) is 0 Å². The van der Waals surface area contributed by atoms with Crippen LogP contribution >= 0.6 is 11.6 Å². The third-order valence-corrected chi connectivity index (χ3v) is 2.72. The number of nitriles is 1. The SMILES string of the molecule is CCOC(=O)c1cc(Cl)cc(NC=C(C#N)c2nn[nH]n2)c1. The number of nitrogens with zero attached hydrogens (tertiary/aromatic N) is 4. The minimum atomic E-state index is -0.476. The summed E-state index contributed by atoms with van der Waals surface area (Å²) in [5.74, 6) is -0.321. The number of hydrogen-bond donors (Lipinski definition) is 2. The number of carbonyl (C=O) groups is 1. The van der Waals surface area contributed by atoms with Crippen LogP contribution < -0.4 is 5.32 Å². The molecule has 0 aliphatic rings. The average molecular weight is 319 g/mol. The summed E-state index contributed by atoms with van der Waals surface area (Å²) in [6.07, 6.45) is 1.39. The normalized spacial score (nSPS) is 10.9. The number of tetrazole rings is 1. The fourth-order valence-electron chi connectivity index (χ4n) is 1.58. The van der Waals surface area contributed by atoms with E-state index in [1.54, 1.807) is 19.1 Å². The Kier molecular flexibility index (Phi) is 5.06. The Bertz CT molecular complexity index is 735. The minimum Gasteiger partial charge on any atom is -0.462 e. The number of nitrogens with one attached hydrogen (secondary N) is 2. The highest BCUT2D eigenvalue weighted by Gasteiger charge is 2.10. The molecule has 0 saturated carbocycles. The van der Waals surface area contributed by atoms with Crippen molar-refractivity contribution >= 4 is 28.8 Å². The molecule has 112 valence electrons. The van der Waals surface area contributed by atoms with E-state index in [-0.39, 0.29) is 18.0 Å². The van der Waals surface area contributed by atoms with Crippen LogP contribution in [-0.4, -0.2) is 33.2 Å². The highest BCUT2D eigenvalue weighted by Crippen LogP contribution is 2.20.